The number of nitrogens with two attached hydrogens (primary N) is 1. The van der Waals surface area contributed by atoms with Gasteiger partial charge >= 0.3 is 0 Å². The summed E-state index contributed by atoms with van der Waals surface area (Å²) in [5.74, 6) is 7.02. The van der Waals surface area contributed by atoms with Crippen LogP contribution in [0.15, 0.2) is 18.2 Å². The van der Waals surface area contributed by atoms with E-state index in [1.165, 1.54) is 0 Å². The van der Waals surface area contributed by atoms with Crippen molar-refractivity contribution in [2.75, 3.05) is 18.5 Å². The van der Waals surface area contributed by atoms with Crippen LogP contribution in [0.25, 0.3) is 0 Å². The molecule has 1 aromatic rings. The molecule has 0 bridgehead atoms. The number of piperidine rings is 1. The minimum absolute atomic E-state index is 0.138. The first-order chi connectivity index (χ1) is 9.52. The molecule has 4 nitrogen and oxygen atoms in total. The lowest BCUT2D eigenvalue weighted by atomic mass is 9.86. The molecule has 1 aromatic carbocycles. The van der Waals surface area contributed by atoms with Gasteiger partial charge < -0.3 is 10.3 Å². The molecule has 3 N–H and O–H groups in total. The van der Waals surface area contributed by atoms with E-state index in [0.29, 0.717) is 5.92 Å². The lowest BCUT2D eigenvalue weighted by molar-refractivity contribution is 0.0667. The maximum absolute atomic E-state index is 12.5. The van der Waals surface area contributed by atoms with E-state index in [9.17, 15) is 4.79 Å². The van der Waals surface area contributed by atoms with E-state index in [2.05, 4.69) is 19.3 Å². The average Bonchev–Trinajstić information content (AvgIpc) is 2.46. The van der Waals surface area contributed by atoms with Gasteiger partial charge in [-0.3, -0.25) is 10.6 Å². The maximum Gasteiger partial charge on any atom is 0.253 e. The SMILES string of the molecule is Cc1cc(C(=O)N2CCC(C(C)C)CC2)ccc1NN. The van der Waals surface area contributed by atoms with E-state index < -0.39 is 0 Å². The molecule has 2 rings (SSSR count). The number of likely N-dealkylation sites (tertiary alicyclic amines) is 1. The molecule has 1 saturated heterocycles. The third-order valence-electron chi connectivity index (χ3n) is 4.40. The summed E-state index contributed by atoms with van der Waals surface area (Å²) < 4.78 is 0. The average molecular weight is 275 g/mol. The quantitative estimate of drug-likeness (QED) is 0.659. The van der Waals surface area contributed by atoms with Crippen molar-refractivity contribution in [3.8, 4) is 0 Å². The molecule has 0 spiro atoms. The number of rotatable bonds is 3. The fourth-order valence-electron chi connectivity index (χ4n) is 2.91. The first-order valence-corrected chi connectivity index (χ1v) is 7.39. The van der Waals surface area contributed by atoms with Crippen molar-refractivity contribution in [1.82, 2.24) is 4.90 Å². The Bertz CT molecular complexity index is 477. The van der Waals surface area contributed by atoms with Gasteiger partial charge in [-0.15, -0.1) is 0 Å². The van der Waals surface area contributed by atoms with Gasteiger partial charge in [0.05, 0.1) is 5.69 Å². The van der Waals surface area contributed by atoms with Crippen LogP contribution in [0.4, 0.5) is 5.69 Å². The third-order valence-corrected chi connectivity index (χ3v) is 4.40. The Morgan fingerprint density at radius 3 is 2.50 bits per heavy atom. The lowest BCUT2D eigenvalue weighted by Crippen LogP contribution is -2.39. The van der Waals surface area contributed by atoms with Gasteiger partial charge in [-0.25, -0.2) is 0 Å². The lowest BCUT2D eigenvalue weighted by Gasteiger charge is -2.34. The summed E-state index contributed by atoms with van der Waals surface area (Å²) in [5.41, 5.74) is 5.25. The molecule has 1 amide bonds. The van der Waals surface area contributed by atoms with Crippen molar-refractivity contribution in [3.05, 3.63) is 29.3 Å². The van der Waals surface area contributed by atoms with Crippen LogP contribution in [-0.4, -0.2) is 23.9 Å². The summed E-state index contributed by atoms with van der Waals surface area (Å²) in [6.45, 7) is 8.24. The Hall–Kier alpha value is -1.55. The zero-order valence-electron chi connectivity index (χ0n) is 12.6. The highest BCUT2D eigenvalue weighted by atomic mass is 16.2. The third kappa shape index (κ3) is 3.12. The number of amides is 1. The summed E-state index contributed by atoms with van der Waals surface area (Å²) in [6, 6.07) is 5.62. The number of anilines is 1. The Morgan fingerprint density at radius 2 is 2.00 bits per heavy atom. The second-order valence-electron chi connectivity index (χ2n) is 6.05. The van der Waals surface area contributed by atoms with Crippen molar-refractivity contribution < 1.29 is 4.79 Å². The standard InChI is InChI=1S/C16H25N3O/c1-11(2)13-6-8-19(9-7-13)16(20)14-4-5-15(18-17)12(3)10-14/h4-5,10-11,13,18H,6-9,17H2,1-3H3. The predicted octanol–water partition coefficient (Wildman–Crippen LogP) is 2.79. The van der Waals surface area contributed by atoms with E-state index in [1.54, 1.807) is 0 Å². The van der Waals surface area contributed by atoms with E-state index >= 15 is 0 Å². The molecule has 1 aliphatic heterocycles. The Balaban J connectivity index is 2.04. The van der Waals surface area contributed by atoms with Gasteiger partial charge in [0.25, 0.3) is 5.91 Å². The van der Waals surface area contributed by atoms with E-state index in [4.69, 9.17) is 5.84 Å². The molecular weight excluding hydrogens is 250 g/mol. The van der Waals surface area contributed by atoms with E-state index in [1.807, 2.05) is 30.0 Å². The second-order valence-corrected chi connectivity index (χ2v) is 6.05. The van der Waals surface area contributed by atoms with E-state index in [-0.39, 0.29) is 5.91 Å². The number of benzene rings is 1. The summed E-state index contributed by atoms with van der Waals surface area (Å²) in [4.78, 5) is 14.5. The predicted molar refractivity (Wildman–Crippen MR) is 82.5 cm³/mol. The number of hydrazine groups is 1. The monoisotopic (exact) mass is 275 g/mol. The summed E-state index contributed by atoms with van der Waals surface area (Å²) >= 11 is 0. The van der Waals surface area contributed by atoms with Crippen LogP contribution in [0.1, 0.15) is 42.6 Å². The van der Waals surface area contributed by atoms with Crippen LogP contribution in [0, 0.1) is 18.8 Å². The molecule has 0 unspecified atom stereocenters. The minimum atomic E-state index is 0.138. The van der Waals surface area contributed by atoms with Crippen molar-refractivity contribution in [3.63, 3.8) is 0 Å². The van der Waals surface area contributed by atoms with E-state index in [0.717, 1.165) is 48.7 Å². The first-order valence-electron chi connectivity index (χ1n) is 7.39. The number of nitrogen functional groups attached to an aromatic ring is 1. The zero-order chi connectivity index (χ0) is 14.7. The fourth-order valence-corrected chi connectivity index (χ4v) is 2.91. The van der Waals surface area contributed by atoms with Crippen molar-refractivity contribution >= 4 is 11.6 Å². The zero-order valence-corrected chi connectivity index (χ0v) is 12.6. The van der Waals surface area contributed by atoms with Gasteiger partial charge in [-0.1, -0.05) is 13.8 Å². The van der Waals surface area contributed by atoms with Crippen molar-refractivity contribution in [1.29, 1.82) is 0 Å². The maximum atomic E-state index is 12.5. The Labute approximate surface area is 121 Å². The number of carbonyl (C=O) groups excluding carboxylic acids is 1. The molecule has 0 saturated carbocycles. The molecule has 0 atom stereocenters. The molecule has 110 valence electrons. The van der Waals surface area contributed by atoms with Gasteiger partial charge in [-0.05, 0) is 55.4 Å². The second kappa shape index (κ2) is 6.27. The van der Waals surface area contributed by atoms with Crippen LogP contribution in [0.2, 0.25) is 0 Å². The molecule has 20 heavy (non-hydrogen) atoms. The Morgan fingerprint density at radius 1 is 1.35 bits per heavy atom. The van der Waals surface area contributed by atoms with Gasteiger partial charge in [0.2, 0.25) is 0 Å². The minimum Gasteiger partial charge on any atom is -0.339 e. The number of nitrogens with one attached hydrogen (secondary N) is 1. The molecule has 4 heteroatoms. The van der Waals surface area contributed by atoms with Crippen LogP contribution in [0.3, 0.4) is 0 Å². The highest BCUT2D eigenvalue weighted by molar-refractivity contribution is 5.95. The van der Waals surface area contributed by atoms with Gasteiger partial charge in [0, 0.05) is 18.7 Å². The number of aryl methyl sites for hydroxylation is 1. The smallest absolute Gasteiger partial charge is 0.253 e. The highest BCUT2D eigenvalue weighted by Crippen LogP contribution is 2.25. The van der Waals surface area contributed by atoms with Gasteiger partial charge in [0.1, 0.15) is 0 Å². The molecule has 0 radical (unpaired) electrons. The molecule has 0 aromatic heterocycles. The van der Waals surface area contributed by atoms with Crippen LogP contribution < -0.4 is 11.3 Å². The topological polar surface area (TPSA) is 58.4 Å². The van der Waals surface area contributed by atoms with Crippen LogP contribution in [0.5, 0.6) is 0 Å². The number of nitrogens with zero attached hydrogens (tertiary/aromatic N) is 1. The van der Waals surface area contributed by atoms with Gasteiger partial charge in [0.15, 0.2) is 0 Å². The summed E-state index contributed by atoms with van der Waals surface area (Å²) in [5, 5.41) is 0. The van der Waals surface area contributed by atoms with Crippen LogP contribution >= 0.6 is 0 Å². The van der Waals surface area contributed by atoms with Crippen molar-refractivity contribution in [2.45, 2.75) is 33.6 Å². The number of hydrogen-bond acceptors (Lipinski definition) is 3. The first kappa shape index (κ1) is 14.9. The van der Waals surface area contributed by atoms with Crippen LogP contribution in [-0.2, 0) is 0 Å². The summed E-state index contributed by atoms with van der Waals surface area (Å²) in [6.07, 6.45) is 2.23. The molecule has 1 heterocycles. The number of carbonyl (C=O) groups is 1. The molecule has 0 aliphatic carbocycles. The summed E-state index contributed by atoms with van der Waals surface area (Å²) in [7, 11) is 0. The Kier molecular flexibility index (Phi) is 4.65. The molecule has 1 aliphatic rings. The van der Waals surface area contributed by atoms with Gasteiger partial charge in [-0.2, -0.15) is 0 Å². The highest BCUT2D eigenvalue weighted by Gasteiger charge is 2.25. The normalized spacial score (nSPS) is 16.6. The largest absolute Gasteiger partial charge is 0.339 e. The number of hydrogen-bond donors (Lipinski definition) is 2. The fraction of sp³-hybridized carbons (Fsp3) is 0.562. The molecular formula is C16H25N3O. The van der Waals surface area contributed by atoms with Crippen molar-refractivity contribution in [2.24, 2.45) is 17.7 Å². The molecule has 1 fully saturated rings.